The van der Waals surface area contributed by atoms with E-state index in [0.717, 1.165) is 35.5 Å². The Morgan fingerprint density at radius 2 is 1.02 bits per heavy atom. The summed E-state index contributed by atoms with van der Waals surface area (Å²) < 4.78 is 0. The molecule has 4 N–H and O–H groups in total. The summed E-state index contributed by atoms with van der Waals surface area (Å²) in [5, 5.41) is 0. The van der Waals surface area contributed by atoms with E-state index >= 15 is 0 Å². The van der Waals surface area contributed by atoms with Crippen LogP contribution in [0.15, 0.2) is 97.1 Å². The van der Waals surface area contributed by atoms with Crippen molar-refractivity contribution in [2.75, 3.05) is 11.5 Å². The summed E-state index contributed by atoms with van der Waals surface area (Å²) in [6, 6.07) is 39.9. The summed E-state index contributed by atoms with van der Waals surface area (Å²) in [6.07, 6.45) is 13.5. The second-order valence-electron chi connectivity index (χ2n) is 12.6. The number of nitrogens with two attached hydrogens (primary N) is 2. The first-order valence-corrected chi connectivity index (χ1v) is 15.6. The number of anilines is 2. The normalized spacial score (nSPS) is 23.0. The van der Waals surface area contributed by atoms with E-state index in [-0.39, 0.29) is 70.8 Å². The van der Waals surface area contributed by atoms with Crippen molar-refractivity contribution >= 4 is 11.4 Å². The molecule has 6 rings (SSSR count). The van der Waals surface area contributed by atoms with Gasteiger partial charge in [-0.3, -0.25) is 0 Å². The van der Waals surface area contributed by atoms with Gasteiger partial charge in [0, 0.05) is 71.1 Å². The van der Waals surface area contributed by atoms with E-state index in [4.69, 9.17) is 11.5 Å². The molecule has 0 saturated heterocycles. The van der Waals surface area contributed by atoms with E-state index in [0.29, 0.717) is 0 Å². The number of benzene rings is 4. The van der Waals surface area contributed by atoms with Gasteiger partial charge in [0.2, 0.25) is 0 Å². The van der Waals surface area contributed by atoms with Crippen LogP contribution in [0, 0.1) is 29.9 Å². The molecule has 0 amide bonds. The molecular formula is C39H46N2Y2-2. The number of rotatable bonds is 6. The summed E-state index contributed by atoms with van der Waals surface area (Å²) >= 11 is 0. The Morgan fingerprint density at radius 3 is 1.53 bits per heavy atom. The molecule has 4 aromatic rings. The molecule has 0 bridgehead atoms. The Balaban J connectivity index is 0.000000497. The fourth-order valence-corrected chi connectivity index (χ4v) is 7.10. The van der Waals surface area contributed by atoms with Crippen LogP contribution in [0.5, 0.6) is 0 Å². The Bertz CT molecular complexity index is 1310. The van der Waals surface area contributed by atoms with Crippen molar-refractivity contribution in [3.8, 4) is 0 Å². The van der Waals surface area contributed by atoms with Crippen molar-refractivity contribution in [3.63, 3.8) is 0 Å². The monoisotopic (exact) mass is 720 g/mol. The summed E-state index contributed by atoms with van der Waals surface area (Å²) in [7, 11) is 0. The van der Waals surface area contributed by atoms with E-state index in [2.05, 4.69) is 79.7 Å². The van der Waals surface area contributed by atoms with Crippen LogP contribution >= 0.6 is 0 Å². The zero-order chi connectivity index (χ0) is 28.5. The zero-order valence-electron chi connectivity index (χ0n) is 25.9. The summed E-state index contributed by atoms with van der Waals surface area (Å²) in [5.74, 6) is 2.84. The molecule has 2 aliphatic rings. The van der Waals surface area contributed by atoms with Crippen molar-refractivity contribution in [1.29, 1.82) is 0 Å². The first-order chi connectivity index (χ1) is 20.0. The van der Waals surface area contributed by atoms with Crippen LogP contribution in [0.3, 0.4) is 0 Å². The van der Waals surface area contributed by atoms with Gasteiger partial charge >= 0.3 is 0 Å². The third-order valence-electron chi connectivity index (χ3n) is 9.67. The van der Waals surface area contributed by atoms with Crippen LogP contribution in [0.2, 0.25) is 0 Å². The molecular weight excluding hydrogens is 674 g/mol. The number of nitrogen functional groups attached to an aromatic ring is 2. The standard InChI is InChI=1S/C33H40N.C6H6N.2Y/c1-25-7-9-26(10-8-25)24-29-19-21-33(22-20-29,30-5-3-2-4-6-30)31-15-11-27(12-16-31)23-28-13-17-32(34)18-14-28;7-6-4-2-1-3-5-6;;/h3-6,11-18,25-26,29H,7-10,19-24,34H2,1H3;2-5H,7H2;;/q2*-1;;. The van der Waals surface area contributed by atoms with Crippen molar-refractivity contribution in [2.24, 2.45) is 17.8 Å². The van der Waals surface area contributed by atoms with Crippen LogP contribution in [-0.4, -0.2) is 0 Å². The molecule has 2 aliphatic carbocycles. The van der Waals surface area contributed by atoms with Crippen LogP contribution in [-0.2, 0) is 77.3 Å². The van der Waals surface area contributed by atoms with Gasteiger partial charge in [-0.25, -0.2) is 0 Å². The van der Waals surface area contributed by atoms with Gasteiger partial charge in [-0.2, -0.15) is 48.5 Å². The van der Waals surface area contributed by atoms with E-state index in [1.807, 2.05) is 12.1 Å². The first-order valence-electron chi connectivity index (χ1n) is 15.6. The molecule has 4 aromatic carbocycles. The Morgan fingerprint density at radius 1 is 0.581 bits per heavy atom. The molecule has 220 valence electrons. The van der Waals surface area contributed by atoms with Gasteiger partial charge in [-0.05, 0) is 90.5 Å². The fourth-order valence-electron chi connectivity index (χ4n) is 7.10. The van der Waals surface area contributed by atoms with Crippen LogP contribution < -0.4 is 11.5 Å². The molecule has 4 heteroatoms. The third-order valence-corrected chi connectivity index (χ3v) is 9.67. The van der Waals surface area contributed by atoms with E-state index in [1.54, 1.807) is 24.3 Å². The Labute approximate surface area is 311 Å². The number of hydrogen-bond acceptors (Lipinski definition) is 2. The van der Waals surface area contributed by atoms with Gasteiger partial charge in [0.1, 0.15) is 0 Å². The van der Waals surface area contributed by atoms with E-state index in [9.17, 15) is 0 Å². The summed E-state index contributed by atoms with van der Waals surface area (Å²) in [6.45, 7) is 2.43. The molecule has 0 aromatic heterocycles. The molecule has 2 fully saturated rings. The second kappa shape index (κ2) is 18.0. The first kappa shape index (κ1) is 36.2. The maximum Gasteiger partial charge on any atom is 0.0314 e. The maximum absolute atomic E-state index is 5.86. The summed E-state index contributed by atoms with van der Waals surface area (Å²) in [4.78, 5) is 0. The SMILES string of the molecule is CC1CCC(CC2CCC(c3cc[c-]cc3)(c3ccc(Cc4ccc(N)cc4)cc3)CC2)CC1.Nc1cc[c-]cc1.[Y].[Y]. The van der Waals surface area contributed by atoms with Gasteiger partial charge < -0.3 is 11.5 Å². The third kappa shape index (κ3) is 10.4. The Hall–Kier alpha value is -1.31. The molecule has 0 aliphatic heterocycles. The largest absolute Gasteiger partial charge is 0.419 e. The second-order valence-corrected chi connectivity index (χ2v) is 12.6. The van der Waals surface area contributed by atoms with Crippen molar-refractivity contribution < 1.29 is 65.4 Å². The number of hydrogen-bond donors (Lipinski definition) is 2. The summed E-state index contributed by atoms with van der Waals surface area (Å²) in [5.41, 5.74) is 18.6. The molecule has 0 atom stereocenters. The quantitative estimate of drug-likeness (QED) is 0.154. The minimum Gasteiger partial charge on any atom is -0.419 e. The molecule has 0 heterocycles. The van der Waals surface area contributed by atoms with Crippen LogP contribution in [0.25, 0.3) is 0 Å². The fraction of sp³-hybridized carbons (Fsp3) is 0.385. The van der Waals surface area contributed by atoms with Crippen LogP contribution in [0.1, 0.15) is 87.0 Å². The van der Waals surface area contributed by atoms with Crippen molar-refractivity contribution in [3.05, 3.63) is 131 Å². The maximum atomic E-state index is 5.86. The average Bonchev–Trinajstić information content (AvgIpc) is 3.02. The molecule has 43 heavy (non-hydrogen) atoms. The van der Waals surface area contributed by atoms with Gasteiger partial charge in [0.05, 0.1) is 0 Å². The molecule has 2 saturated carbocycles. The predicted molar refractivity (Wildman–Crippen MR) is 174 cm³/mol. The van der Waals surface area contributed by atoms with E-state index in [1.165, 1.54) is 80.0 Å². The molecule has 0 unspecified atom stereocenters. The van der Waals surface area contributed by atoms with Crippen LogP contribution in [0.4, 0.5) is 11.4 Å². The van der Waals surface area contributed by atoms with Gasteiger partial charge in [0.25, 0.3) is 0 Å². The van der Waals surface area contributed by atoms with Crippen molar-refractivity contribution in [1.82, 2.24) is 0 Å². The zero-order valence-corrected chi connectivity index (χ0v) is 31.5. The molecule has 2 nitrogen and oxygen atoms in total. The predicted octanol–water partition coefficient (Wildman–Crippen LogP) is 9.42. The topological polar surface area (TPSA) is 52.0 Å². The minimum atomic E-state index is 0. The molecule has 2 radical (unpaired) electrons. The van der Waals surface area contributed by atoms with E-state index < -0.39 is 0 Å². The minimum absolute atomic E-state index is 0. The smallest absolute Gasteiger partial charge is 0.0314 e. The average molecular weight is 721 g/mol. The van der Waals surface area contributed by atoms with Crippen molar-refractivity contribution in [2.45, 2.75) is 76.5 Å². The van der Waals surface area contributed by atoms with Gasteiger partial charge in [-0.1, -0.05) is 74.7 Å². The van der Waals surface area contributed by atoms with Gasteiger partial charge in [-0.15, -0.1) is 17.7 Å². The Kier molecular flexibility index (Phi) is 15.1. The molecule has 0 spiro atoms. The van der Waals surface area contributed by atoms with Gasteiger partial charge in [0.15, 0.2) is 0 Å².